The molecule has 0 aliphatic carbocycles. The molecule has 1 atom stereocenters. The van der Waals surface area contributed by atoms with Crippen molar-refractivity contribution in [3.8, 4) is 5.75 Å². The van der Waals surface area contributed by atoms with Gasteiger partial charge in [0, 0.05) is 5.02 Å². The average Bonchev–Trinajstić information content (AvgIpc) is 2.59. The molecule has 0 N–H and O–H groups in total. The summed E-state index contributed by atoms with van der Waals surface area (Å²) < 4.78 is 10.4. The lowest BCUT2D eigenvalue weighted by molar-refractivity contribution is -0.125. The summed E-state index contributed by atoms with van der Waals surface area (Å²) in [5.74, 6) is -0.118. The highest BCUT2D eigenvalue weighted by molar-refractivity contribution is 6.31. The van der Waals surface area contributed by atoms with Crippen LogP contribution in [-0.4, -0.2) is 25.1 Å². The van der Waals surface area contributed by atoms with Gasteiger partial charge < -0.3 is 14.4 Å². The second-order valence-corrected chi connectivity index (χ2v) is 5.86. The van der Waals surface area contributed by atoms with E-state index in [4.69, 9.17) is 21.1 Å². The van der Waals surface area contributed by atoms with Crippen molar-refractivity contribution in [1.29, 1.82) is 0 Å². The third-order valence-electron chi connectivity index (χ3n) is 3.87. The number of esters is 1. The molecule has 0 radical (unpaired) electrons. The number of benzene rings is 2. The molecular weight excluding hydrogens is 330 g/mol. The number of rotatable bonds is 3. The van der Waals surface area contributed by atoms with Gasteiger partial charge >= 0.3 is 5.97 Å². The molecule has 1 amide bonds. The first-order valence-corrected chi connectivity index (χ1v) is 7.83. The quantitative estimate of drug-likeness (QED) is 0.800. The van der Waals surface area contributed by atoms with Crippen LogP contribution in [0.3, 0.4) is 0 Å². The van der Waals surface area contributed by atoms with E-state index in [0.717, 1.165) is 5.56 Å². The lowest BCUT2D eigenvalue weighted by Gasteiger charge is -2.33. The van der Waals surface area contributed by atoms with Gasteiger partial charge in [-0.15, -0.1) is 0 Å². The van der Waals surface area contributed by atoms with Crippen LogP contribution >= 0.6 is 11.6 Å². The first-order valence-electron chi connectivity index (χ1n) is 7.45. The molecule has 1 aliphatic heterocycles. The number of amides is 1. The minimum atomic E-state index is -0.607. The smallest absolute Gasteiger partial charge is 0.337 e. The number of ether oxygens (including phenoxy) is 2. The topological polar surface area (TPSA) is 55.8 Å². The molecule has 5 nitrogen and oxygen atoms in total. The van der Waals surface area contributed by atoms with E-state index in [1.165, 1.54) is 7.11 Å². The van der Waals surface area contributed by atoms with Crippen LogP contribution in [0.25, 0.3) is 0 Å². The summed E-state index contributed by atoms with van der Waals surface area (Å²) in [7, 11) is 1.31. The fourth-order valence-electron chi connectivity index (χ4n) is 2.61. The molecule has 0 fully saturated rings. The number of methoxy groups -OCH3 is 1. The Hall–Kier alpha value is -2.53. The van der Waals surface area contributed by atoms with E-state index in [-0.39, 0.29) is 5.91 Å². The van der Waals surface area contributed by atoms with Crippen LogP contribution in [0.15, 0.2) is 42.5 Å². The molecule has 124 valence electrons. The van der Waals surface area contributed by atoms with E-state index in [9.17, 15) is 9.59 Å². The van der Waals surface area contributed by atoms with E-state index in [2.05, 4.69) is 0 Å². The zero-order valence-corrected chi connectivity index (χ0v) is 14.0. The molecule has 1 heterocycles. The largest absolute Gasteiger partial charge is 0.479 e. The van der Waals surface area contributed by atoms with E-state index >= 15 is 0 Å². The summed E-state index contributed by atoms with van der Waals surface area (Å²) in [4.78, 5) is 26.0. The molecule has 3 rings (SSSR count). The Balaban J connectivity index is 2.04. The van der Waals surface area contributed by atoms with Crippen LogP contribution in [-0.2, 0) is 16.1 Å². The number of halogens is 1. The fraction of sp³-hybridized carbons (Fsp3) is 0.222. The van der Waals surface area contributed by atoms with Crippen molar-refractivity contribution in [2.75, 3.05) is 12.0 Å². The molecule has 0 saturated heterocycles. The highest BCUT2D eigenvalue weighted by atomic mass is 35.5. The number of fused-ring (bicyclic) bond motifs is 1. The van der Waals surface area contributed by atoms with Crippen molar-refractivity contribution in [2.45, 2.75) is 19.6 Å². The number of carbonyl (C=O) groups is 2. The Labute approximate surface area is 144 Å². The second kappa shape index (κ2) is 6.53. The normalized spacial score (nSPS) is 16.4. The number of nitrogens with zero attached hydrogens (tertiary/aromatic N) is 1. The lowest BCUT2D eigenvalue weighted by Crippen LogP contribution is -2.44. The van der Waals surface area contributed by atoms with Crippen molar-refractivity contribution in [2.24, 2.45) is 0 Å². The molecule has 0 bridgehead atoms. The van der Waals surface area contributed by atoms with Gasteiger partial charge in [-0.25, -0.2) is 4.79 Å². The monoisotopic (exact) mass is 345 g/mol. The number of hydrogen-bond donors (Lipinski definition) is 0. The van der Waals surface area contributed by atoms with Crippen molar-refractivity contribution < 1.29 is 19.1 Å². The van der Waals surface area contributed by atoms with Crippen LogP contribution in [0.2, 0.25) is 5.02 Å². The van der Waals surface area contributed by atoms with Crippen molar-refractivity contribution >= 4 is 29.2 Å². The van der Waals surface area contributed by atoms with E-state index in [1.54, 1.807) is 36.1 Å². The maximum absolute atomic E-state index is 12.6. The molecule has 0 saturated carbocycles. The summed E-state index contributed by atoms with van der Waals surface area (Å²) in [5, 5.41) is 0.579. The predicted molar refractivity (Wildman–Crippen MR) is 90.5 cm³/mol. The minimum absolute atomic E-state index is 0.190. The van der Waals surface area contributed by atoms with Gasteiger partial charge in [-0.3, -0.25) is 4.79 Å². The summed E-state index contributed by atoms with van der Waals surface area (Å²) in [6, 6.07) is 12.2. The number of anilines is 1. The van der Waals surface area contributed by atoms with Crippen molar-refractivity contribution in [3.05, 3.63) is 58.6 Å². The average molecular weight is 346 g/mol. The maximum Gasteiger partial charge on any atom is 0.337 e. The van der Waals surface area contributed by atoms with Gasteiger partial charge in [-0.05, 0) is 36.8 Å². The van der Waals surface area contributed by atoms with Gasteiger partial charge in [0.2, 0.25) is 0 Å². The zero-order chi connectivity index (χ0) is 17.3. The first-order chi connectivity index (χ1) is 11.5. The Bertz CT molecular complexity index is 805. The SMILES string of the molecule is COC(=O)c1ccc2c(c1)N(Cc1ccccc1Cl)C(=O)C(C)O2. The summed E-state index contributed by atoms with van der Waals surface area (Å²) in [6.07, 6.45) is -0.607. The Morgan fingerprint density at radius 1 is 1.29 bits per heavy atom. The van der Waals surface area contributed by atoms with Gasteiger partial charge in [0.25, 0.3) is 5.91 Å². The van der Waals surface area contributed by atoms with Crippen LogP contribution in [0.1, 0.15) is 22.8 Å². The zero-order valence-electron chi connectivity index (χ0n) is 13.3. The molecular formula is C18H16ClNO4. The Morgan fingerprint density at radius 3 is 2.75 bits per heavy atom. The van der Waals surface area contributed by atoms with E-state index in [0.29, 0.717) is 28.6 Å². The summed E-state index contributed by atoms with van der Waals surface area (Å²) >= 11 is 6.22. The van der Waals surface area contributed by atoms with Crippen molar-refractivity contribution in [3.63, 3.8) is 0 Å². The molecule has 6 heteroatoms. The van der Waals surface area contributed by atoms with Gasteiger partial charge in [0.1, 0.15) is 5.75 Å². The van der Waals surface area contributed by atoms with E-state index < -0.39 is 12.1 Å². The molecule has 1 unspecified atom stereocenters. The predicted octanol–water partition coefficient (Wildman–Crippen LogP) is 3.44. The highest BCUT2D eigenvalue weighted by Crippen LogP contribution is 2.36. The Morgan fingerprint density at radius 2 is 2.04 bits per heavy atom. The van der Waals surface area contributed by atoms with Gasteiger partial charge in [-0.2, -0.15) is 0 Å². The number of carbonyl (C=O) groups excluding carboxylic acids is 2. The van der Waals surface area contributed by atoms with E-state index in [1.807, 2.05) is 18.2 Å². The second-order valence-electron chi connectivity index (χ2n) is 5.45. The lowest BCUT2D eigenvalue weighted by atomic mass is 10.1. The third kappa shape index (κ3) is 2.95. The molecule has 2 aromatic rings. The molecule has 2 aromatic carbocycles. The molecule has 0 aromatic heterocycles. The van der Waals surface area contributed by atoms with Crippen LogP contribution in [0, 0.1) is 0 Å². The van der Waals surface area contributed by atoms with Crippen LogP contribution in [0.5, 0.6) is 5.75 Å². The van der Waals surface area contributed by atoms with Gasteiger partial charge in [0.15, 0.2) is 6.10 Å². The Kier molecular flexibility index (Phi) is 4.44. The third-order valence-corrected chi connectivity index (χ3v) is 4.24. The van der Waals surface area contributed by atoms with Crippen molar-refractivity contribution in [1.82, 2.24) is 0 Å². The molecule has 1 aliphatic rings. The maximum atomic E-state index is 12.6. The van der Waals surface area contributed by atoms with Crippen LogP contribution < -0.4 is 9.64 Å². The number of hydrogen-bond acceptors (Lipinski definition) is 4. The fourth-order valence-corrected chi connectivity index (χ4v) is 2.81. The van der Waals surface area contributed by atoms with Gasteiger partial charge in [0.05, 0.1) is 24.9 Å². The molecule has 0 spiro atoms. The first kappa shape index (κ1) is 16.3. The summed E-state index contributed by atoms with van der Waals surface area (Å²) in [5.41, 5.74) is 1.70. The highest BCUT2D eigenvalue weighted by Gasteiger charge is 2.32. The molecule has 24 heavy (non-hydrogen) atoms. The standard InChI is InChI=1S/C18H16ClNO4/c1-11-17(21)20(10-13-5-3-4-6-14(13)19)15-9-12(18(22)23-2)7-8-16(15)24-11/h3-9,11H,10H2,1-2H3. The van der Waals surface area contributed by atoms with Gasteiger partial charge in [-0.1, -0.05) is 29.8 Å². The van der Waals surface area contributed by atoms with Crippen LogP contribution in [0.4, 0.5) is 5.69 Å². The minimum Gasteiger partial charge on any atom is -0.479 e. The summed E-state index contributed by atoms with van der Waals surface area (Å²) in [6.45, 7) is 1.99.